The fraction of sp³-hybridized carbons (Fsp3) is 0.500. The zero-order valence-corrected chi connectivity index (χ0v) is 20.8. The topological polar surface area (TPSA) is 106 Å². The number of hydrogen-bond acceptors (Lipinski definition) is 6. The second kappa shape index (κ2) is 10.1. The van der Waals surface area contributed by atoms with Gasteiger partial charge in [0.2, 0.25) is 5.91 Å². The van der Waals surface area contributed by atoms with Gasteiger partial charge >= 0.3 is 0 Å². The first-order valence-electron chi connectivity index (χ1n) is 11.3. The summed E-state index contributed by atoms with van der Waals surface area (Å²) < 4.78 is 35.2. The molecule has 4 rings (SSSR count). The fourth-order valence-corrected chi connectivity index (χ4v) is 6.28. The average molecular weight is 509 g/mol. The number of carbonyl (C=O) groups excluding carboxylic acids is 2. The number of amides is 2. The monoisotopic (exact) mass is 508 g/mol. The lowest BCUT2D eigenvalue weighted by atomic mass is 9.83. The molecule has 0 radical (unpaired) electrons. The molecule has 4 atom stereocenters. The third-order valence-corrected chi connectivity index (χ3v) is 7.93. The molecule has 2 amide bonds. The van der Waals surface area contributed by atoms with E-state index < -0.39 is 21.8 Å². The van der Waals surface area contributed by atoms with E-state index in [1.54, 1.807) is 48.4 Å². The molecule has 1 aliphatic carbocycles. The molecule has 2 heterocycles. The van der Waals surface area contributed by atoms with Gasteiger partial charge in [0.05, 0.1) is 11.9 Å². The van der Waals surface area contributed by atoms with E-state index in [9.17, 15) is 18.0 Å². The Labute approximate surface area is 204 Å². The lowest BCUT2D eigenvalue weighted by Gasteiger charge is -2.40. The van der Waals surface area contributed by atoms with Crippen molar-refractivity contribution in [2.75, 3.05) is 25.7 Å². The van der Waals surface area contributed by atoms with Crippen LogP contribution in [-0.4, -0.2) is 69.0 Å². The van der Waals surface area contributed by atoms with Crippen molar-refractivity contribution in [3.63, 3.8) is 0 Å². The number of furan rings is 1. The van der Waals surface area contributed by atoms with E-state index in [1.807, 2.05) is 0 Å². The maximum atomic E-state index is 13.2. The first-order chi connectivity index (χ1) is 16.1. The Hall–Kier alpha value is -2.36. The van der Waals surface area contributed by atoms with E-state index >= 15 is 0 Å². The standard InChI is InChI=1S/C24H29ClN2O6S/c1-32-18-7-8-20(16(13-18)14-34(2,30)31)27-12-11-19(24(27)29)26-23(28)22-10-9-21(33-22)15-3-5-17(25)6-4-15/h3-6,9-10,16,18-20H,7-8,11-14H2,1-2H3,(H,26,28)/t16-,18+,19?,20-/m0/s1. The number of benzene rings is 1. The van der Waals surface area contributed by atoms with E-state index in [4.69, 9.17) is 20.8 Å². The molecule has 1 aliphatic heterocycles. The summed E-state index contributed by atoms with van der Waals surface area (Å²) >= 11 is 5.92. The Bertz CT molecular complexity index is 1150. The van der Waals surface area contributed by atoms with Gasteiger partial charge in [-0.2, -0.15) is 0 Å². The number of ether oxygens (including phenoxy) is 1. The zero-order chi connectivity index (χ0) is 24.5. The minimum absolute atomic E-state index is 0.00927. The number of carbonyl (C=O) groups is 2. The van der Waals surface area contributed by atoms with Crippen molar-refractivity contribution in [1.29, 1.82) is 0 Å². The van der Waals surface area contributed by atoms with Crippen LogP contribution >= 0.6 is 11.6 Å². The maximum Gasteiger partial charge on any atom is 0.287 e. The van der Waals surface area contributed by atoms with Crippen LogP contribution in [0.2, 0.25) is 5.02 Å². The van der Waals surface area contributed by atoms with Gasteiger partial charge in [0, 0.05) is 36.5 Å². The highest BCUT2D eigenvalue weighted by molar-refractivity contribution is 7.90. The van der Waals surface area contributed by atoms with Gasteiger partial charge < -0.3 is 19.4 Å². The summed E-state index contributed by atoms with van der Waals surface area (Å²) in [6, 6.07) is 9.49. The quantitative estimate of drug-likeness (QED) is 0.615. The number of hydrogen-bond donors (Lipinski definition) is 1. The van der Waals surface area contributed by atoms with Crippen LogP contribution in [0.5, 0.6) is 0 Å². The summed E-state index contributed by atoms with van der Waals surface area (Å²) in [7, 11) is -1.58. The molecule has 1 saturated heterocycles. The van der Waals surface area contributed by atoms with Crippen LogP contribution in [0.4, 0.5) is 0 Å². The number of likely N-dealkylation sites (tertiary alicyclic amines) is 1. The van der Waals surface area contributed by atoms with E-state index in [2.05, 4.69) is 5.32 Å². The molecule has 2 fully saturated rings. The van der Waals surface area contributed by atoms with Gasteiger partial charge in [-0.25, -0.2) is 8.42 Å². The molecule has 1 aromatic heterocycles. The van der Waals surface area contributed by atoms with Crippen LogP contribution in [0.25, 0.3) is 11.3 Å². The fourth-order valence-electron chi connectivity index (χ4n) is 5.02. The average Bonchev–Trinajstić information content (AvgIpc) is 3.41. The molecule has 1 saturated carbocycles. The largest absolute Gasteiger partial charge is 0.451 e. The predicted molar refractivity (Wildman–Crippen MR) is 128 cm³/mol. The number of nitrogens with one attached hydrogen (secondary N) is 1. The van der Waals surface area contributed by atoms with Crippen molar-refractivity contribution in [2.24, 2.45) is 5.92 Å². The lowest BCUT2D eigenvalue weighted by Crippen LogP contribution is -2.50. The molecular formula is C24H29ClN2O6S. The first kappa shape index (κ1) is 24.8. The minimum atomic E-state index is -3.21. The van der Waals surface area contributed by atoms with Crippen molar-refractivity contribution in [1.82, 2.24) is 10.2 Å². The summed E-state index contributed by atoms with van der Waals surface area (Å²) in [6.07, 6.45) is 3.71. The van der Waals surface area contributed by atoms with Crippen molar-refractivity contribution >= 4 is 33.3 Å². The van der Waals surface area contributed by atoms with E-state index in [0.717, 1.165) is 12.0 Å². The van der Waals surface area contributed by atoms with Crippen molar-refractivity contribution < 1.29 is 27.2 Å². The second-order valence-electron chi connectivity index (χ2n) is 9.11. The molecule has 184 valence electrons. The van der Waals surface area contributed by atoms with Crippen LogP contribution in [0, 0.1) is 5.92 Å². The Morgan fingerprint density at radius 1 is 1.18 bits per heavy atom. The SMILES string of the molecule is CO[C@@H]1CC[C@H](N2CCC(NC(=O)c3ccc(-c4ccc(Cl)cc4)o3)C2=O)[C@H](CS(C)(=O)=O)C1. The number of halogens is 1. The number of nitrogens with zero attached hydrogens (tertiary/aromatic N) is 1. The Kier molecular flexibility index (Phi) is 7.35. The molecule has 34 heavy (non-hydrogen) atoms. The summed E-state index contributed by atoms with van der Waals surface area (Å²) in [5, 5.41) is 3.39. The molecule has 10 heteroatoms. The van der Waals surface area contributed by atoms with Crippen LogP contribution in [0.3, 0.4) is 0 Å². The van der Waals surface area contributed by atoms with Crippen LogP contribution < -0.4 is 5.32 Å². The molecule has 1 N–H and O–H groups in total. The highest BCUT2D eigenvalue weighted by atomic mass is 35.5. The molecule has 1 aromatic carbocycles. The van der Waals surface area contributed by atoms with Gasteiger partial charge in [0.25, 0.3) is 5.91 Å². The maximum absolute atomic E-state index is 13.2. The molecular weight excluding hydrogens is 480 g/mol. The van der Waals surface area contributed by atoms with Crippen LogP contribution in [0.1, 0.15) is 36.2 Å². The molecule has 2 aromatic rings. The highest BCUT2D eigenvalue weighted by Crippen LogP contribution is 2.33. The third-order valence-electron chi connectivity index (χ3n) is 6.65. The second-order valence-corrected chi connectivity index (χ2v) is 11.7. The molecule has 0 spiro atoms. The Morgan fingerprint density at radius 2 is 1.91 bits per heavy atom. The molecule has 0 bridgehead atoms. The lowest BCUT2D eigenvalue weighted by molar-refractivity contribution is -0.133. The summed E-state index contributed by atoms with van der Waals surface area (Å²) in [5.74, 6) is -0.183. The predicted octanol–water partition coefficient (Wildman–Crippen LogP) is 3.16. The molecule has 1 unspecified atom stereocenters. The Balaban J connectivity index is 1.42. The van der Waals surface area contributed by atoms with Gasteiger partial charge in [0.15, 0.2) is 5.76 Å². The van der Waals surface area contributed by atoms with Crippen molar-refractivity contribution in [3.8, 4) is 11.3 Å². The molecule has 2 aliphatic rings. The smallest absolute Gasteiger partial charge is 0.287 e. The normalized spacial score (nSPS) is 25.5. The van der Waals surface area contributed by atoms with Crippen LogP contribution in [0.15, 0.2) is 40.8 Å². The van der Waals surface area contributed by atoms with Gasteiger partial charge in [-0.1, -0.05) is 11.6 Å². The number of methoxy groups -OCH3 is 1. The van der Waals surface area contributed by atoms with E-state index in [-0.39, 0.29) is 35.5 Å². The van der Waals surface area contributed by atoms with Crippen molar-refractivity contribution in [3.05, 3.63) is 47.2 Å². The summed E-state index contributed by atoms with van der Waals surface area (Å²) in [6.45, 7) is 0.473. The molecule has 8 nitrogen and oxygen atoms in total. The van der Waals surface area contributed by atoms with Gasteiger partial charge in [-0.3, -0.25) is 9.59 Å². The number of rotatable bonds is 7. The summed E-state index contributed by atoms with van der Waals surface area (Å²) in [4.78, 5) is 27.7. The highest BCUT2D eigenvalue weighted by Gasteiger charge is 2.43. The third kappa shape index (κ3) is 5.64. The summed E-state index contributed by atoms with van der Waals surface area (Å²) in [5.41, 5.74) is 0.787. The van der Waals surface area contributed by atoms with E-state index in [0.29, 0.717) is 36.6 Å². The van der Waals surface area contributed by atoms with Crippen LogP contribution in [-0.2, 0) is 19.4 Å². The Morgan fingerprint density at radius 3 is 2.59 bits per heavy atom. The van der Waals surface area contributed by atoms with Gasteiger partial charge in [-0.15, -0.1) is 0 Å². The van der Waals surface area contributed by atoms with Crippen molar-refractivity contribution in [2.45, 2.75) is 43.9 Å². The van der Waals surface area contributed by atoms with Gasteiger partial charge in [-0.05, 0) is 68.0 Å². The zero-order valence-electron chi connectivity index (χ0n) is 19.2. The minimum Gasteiger partial charge on any atom is -0.451 e. The number of sulfone groups is 1. The van der Waals surface area contributed by atoms with E-state index in [1.165, 1.54) is 6.26 Å². The van der Waals surface area contributed by atoms with Gasteiger partial charge in [0.1, 0.15) is 21.6 Å². The first-order valence-corrected chi connectivity index (χ1v) is 13.8.